The molecule has 0 unspecified atom stereocenters. The van der Waals surface area contributed by atoms with E-state index in [1.54, 1.807) is 26.0 Å². The van der Waals surface area contributed by atoms with Gasteiger partial charge in [0.25, 0.3) is 5.91 Å². The second-order valence-electron chi connectivity index (χ2n) is 6.09. The van der Waals surface area contributed by atoms with E-state index in [0.29, 0.717) is 24.7 Å². The van der Waals surface area contributed by atoms with E-state index < -0.39 is 15.9 Å². The molecule has 8 heteroatoms. The standard InChI is InChI=1S/C17H24N2O5S/c1-4-19(5-2)25(22,23)14-8-6-7-13(10-14)18-16(20)11-24-17(21)15-9-12(15)3/h6-8,10,12,15H,4-5,9,11H2,1-3H3,(H,18,20)/t12-,15+/m0/s1. The SMILES string of the molecule is CCN(CC)S(=O)(=O)c1cccc(NC(=O)COC(=O)[C@@H]2C[C@@H]2C)c1. The number of benzene rings is 1. The fraction of sp³-hybridized carbons (Fsp3) is 0.529. The smallest absolute Gasteiger partial charge is 0.309 e. The molecule has 0 aromatic heterocycles. The van der Waals surface area contributed by atoms with E-state index >= 15 is 0 Å². The third-order valence-corrected chi connectivity index (χ3v) is 6.26. The quantitative estimate of drug-likeness (QED) is 0.707. The molecule has 1 N–H and O–H groups in total. The fourth-order valence-electron chi connectivity index (χ4n) is 2.54. The van der Waals surface area contributed by atoms with Crippen molar-refractivity contribution in [1.82, 2.24) is 4.31 Å². The fourth-order valence-corrected chi connectivity index (χ4v) is 4.04. The van der Waals surface area contributed by atoms with E-state index in [1.807, 2.05) is 6.92 Å². The largest absolute Gasteiger partial charge is 0.455 e. The number of anilines is 1. The van der Waals surface area contributed by atoms with Crippen molar-refractivity contribution in [3.8, 4) is 0 Å². The van der Waals surface area contributed by atoms with Crippen LogP contribution in [0.3, 0.4) is 0 Å². The lowest BCUT2D eigenvalue weighted by Crippen LogP contribution is -2.30. The van der Waals surface area contributed by atoms with Crippen LogP contribution < -0.4 is 5.32 Å². The van der Waals surface area contributed by atoms with Crippen LogP contribution in [0, 0.1) is 11.8 Å². The van der Waals surface area contributed by atoms with Crippen molar-refractivity contribution in [2.24, 2.45) is 11.8 Å². The van der Waals surface area contributed by atoms with E-state index in [0.717, 1.165) is 6.42 Å². The molecule has 2 rings (SSSR count). The van der Waals surface area contributed by atoms with Crippen LogP contribution in [0.2, 0.25) is 0 Å². The summed E-state index contributed by atoms with van der Waals surface area (Å²) in [6, 6.07) is 6.03. The zero-order chi connectivity index (χ0) is 18.6. The van der Waals surface area contributed by atoms with E-state index in [4.69, 9.17) is 4.74 Å². The first-order valence-electron chi connectivity index (χ1n) is 8.36. The second-order valence-corrected chi connectivity index (χ2v) is 8.03. The summed E-state index contributed by atoms with van der Waals surface area (Å²) in [5.74, 6) is -0.646. The van der Waals surface area contributed by atoms with Crippen LogP contribution in [-0.4, -0.2) is 44.3 Å². The zero-order valence-electron chi connectivity index (χ0n) is 14.7. The molecule has 0 bridgehead atoms. The van der Waals surface area contributed by atoms with Gasteiger partial charge in [0, 0.05) is 18.8 Å². The van der Waals surface area contributed by atoms with Gasteiger partial charge >= 0.3 is 5.97 Å². The second kappa shape index (κ2) is 7.97. The summed E-state index contributed by atoms with van der Waals surface area (Å²) in [4.78, 5) is 23.6. The van der Waals surface area contributed by atoms with Gasteiger partial charge in [0.1, 0.15) is 0 Å². The van der Waals surface area contributed by atoms with Gasteiger partial charge in [-0.2, -0.15) is 4.31 Å². The molecular weight excluding hydrogens is 344 g/mol. The summed E-state index contributed by atoms with van der Waals surface area (Å²) in [7, 11) is -3.60. The van der Waals surface area contributed by atoms with Gasteiger partial charge in [-0.3, -0.25) is 9.59 Å². The molecule has 25 heavy (non-hydrogen) atoms. The van der Waals surface area contributed by atoms with Gasteiger partial charge in [-0.15, -0.1) is 0 Å². The molecular formula is C17H24N2O5S. The van der Waals surface area contributed by atoms with Crippen LogP contribution in [0.5, 0.6) is 0 Å². The van der Waals surface area contributed by atoms with Gasteiger partial charge in [0.05, 0.1) is 10.8 Å². The normalized spacial score (nSPS) is 19.5. The van der Waals surface area contributed by atoms with Gasteiger partial charge in [-0.1, -0.05) is 26.8 Å². The first-order chi connectivity index (χ1) is 11.8. The summed E-state index contributed by atoms with van der Waals surface area (Å²) in [6.07, 6.45) is 0.797. The van der Waals surface area contributed by atoms with Crippen molar-refractivity contribution in [1.29, 1.82) is 0 Å². The van der Waals surface area contributed by atoms with Gasteiger partial charge in [-0.05, 0) is 30.5 Å². The zero-order valence-corrected chi connectivity index (χ0v) is 15.5. The first-order valence-corrected chi connectivity index (χ1v) is 9.80. The Balaban J connectivity index is 1.99. The molecule has 0 saturated heterocycles. The summed E-state index contributed by atoms with van der Waals surface area (Å²) in [6.45, 7) is 5.84. The Morgan fingerprint density at radius 2 is 1.92 bits per heavy atom. The minimum absolute atomic E-state index is 0.102. The van der Waals surface area contributed by atoms with Crippen molar-refractivity contribution >= 4 is 27.6 Å². The number of esters is 1. The average molecular weight is 368 g/mol. The van der Waals surface area contributed by atoms with Crippen LogP contribution in [0.1, 0.15) is 27.2 Å². The third kappa shape index (κ3) is 4.79. The molecule has 138 valence electrons. The monoisotopic (exact) mass is 368 g/mol. The minimum atomic E-state index is -3.60. The lowest BCUT2D eigenvalue weighted by Gasteiger charge is -2.18. The molecule has 0 aliphatic heterocycles. The number of nitrogens with zero attached hydrogens (tertiary/aromatic N) is 1. The van der Waals surface area contributed by atoms with Gasteiger partial charge in [0.15, 0.2) is 6.61 Å². The summed E-state index contributed by atoms with van der Waals surface area (Å²) >= 11 is 0. The Morgan fingerprint density at radius 1 is 1.28 bits per heavy atom. The molecule has 1 aromatic rings. The number of nitrogens with one attached hydrogen (secondary N) is 1. The maximum absolute atomic E-state index is 12.5. The van der Waals surface area contributed by atoms with Gasteiger partial charge in [-0.25, -0.2) is 8.42 Å². The number of sulfonamides is 1. The van der Waals surface area contributed by atoms with Crippen molar-refractivity contribution in [3.63, 3.8) is 0 Å². The number of hydrogen-bond donors (Lipinski definition) is 1. The van der Waals surface area contributed by atoms with E-state index in [9.17, 15) is 18.0 Å². The van der Waals surface area contributed by atoms with Crippen LogP contribution in [0.25, 0.3) is 0 Å². The maximum atomic E-state index is 12.5. The highest BCUT2D eigenvalue weighted by Gasteiger charge is 2.40. The maximum Gasteiger partial charge on any atom is 0.309 e. The summed E-state index contributed by atoms with van der Waals surface area (Å²) in [5.41, 5.74) is 0.342. The Kier molecular flexibility index (Phi) is 6.18. The topological polar surface area (TPSA) is 92.8 Å². The lowest BCUT2D eigenvalue weighted by atomic mass is 10.3. The summed E-state index contributed by atoms with van der Waals surface area (Å²) < 4.78 is 31.3. The molecule has 1 aromatic carbocycles. The highest BCUT2D eigenvalue weighted by Crippen LogP contribution is 2.38. The number of carbonyl (C=O) groups is 2. The highest BCUT2D eigenvalue weighted by molar-refractivity contribution is 7.89. The minimum Gasteiger partial charge on any atom is -0.455 e. The number of carbonyl (C=O) groups excluding carboxylic acids is 2. The van der Waals surface area contributed by atoms with Gasteiger partial charge < -0.3 is 10.1 Å². The van der Waals surface area contributed by atoms with E-state index in [1.165, 1.54) is 16.4 Å². The van der Waals surface area contributed by atoms with Crippen molar-refractivity contribution in [2.45, 2.75) is 32.1 Å². The first kappa shape index (κ1) is 19.4. The van der Waals surface area contributed by atoms with Crippen LogP contribution in [-0.2, 0) is 24.3 Å². The average Bonchev–Trinajstić information content (AvgIpc) is 3.30. The Bertz CT molecular complexity index is 743. The Morgan fingerprint density at radius 3 is 2.48 bits per heavy atom. The molecule has 2 atom stereocenters. The van der Waals surface area contributed by atoms with Crippen molar-refractivity contribution in [2.75, 3.05) is 25.0 Å². The molecule has 0 heterocycles. The predicted molar refractivity (Wildman–Crippen MR) is 93.4 cm³/mol. The van der Waals surface area contributed by atoms with Crippen LogP contribution >= 0.6 is 0 Å². The molecule has 1 aliphatic rings. The van der Waals surface area contributed by atoms with E-state index in [-0.39, 0.29) is 23.4 Å². The predicted octanol–water partition coefficient (Wildman–Crippen LogP) is 1.85. The third-order valence-electron chi connectivity index (χ3n) is 4.22. The number of ether oxygens (including phenoxy) is 1. The van der Waals surface area contributed by atoms with Crippen LogP contribution in [0.4, 0.5) is 5.69 Å². The number of hydrogen-bond acceptors (Lipinski definition) is 5. The van der Waals surface area contributed by atoms with Crippen LogP contribution in [0.15, 0.2) is 29.2 Å². The number of amides is 1. The molecule has 1 fully saturated rings. The molecule has 7 nitrogen and oxygen atoms in total. The Labute approximate surface area is 148 Å². The van der Waals surface area contributed by atoms with Gasteiger partial charge in [0.2, 0.25) is 10.0 Å². The molecule has 1 saturated carbocycles. The number of rotatable bonds is 8. The highest BCUT2D eigenvalue weighted by atomic mass is 32.2. The Hall–Kier alpha value is -1.93. The molecule has 0 spiro atoms. The molecule has 1 aliphatic carbocycles. The van der Waals surface area contributed by atoms with E-state index in [2.05, 4.69) is 5.32 Å². The van der Waals surface area contributed by atoms with Crippen molar-refractivity contribution in [3.05, 3.63) is 24.3 Å². The molecule has 0 radical (unpaired) electrons. The lowest BCUT2D eigenvalue weighted by molar-refractivity contribution is -0.148. The molecule has 1 amide bonds. The van der Waals surface area contributed by atoms with Crippen molar-refractivity contribution < 1.29 is 22.7 Å². The summed E-state index contributed by atoms with van der Waals surface area (Å²) in [5, 5.41) is 2.56.